The maximum Gasteiger partial charge on any atom is 0.261 e. The van der Waals surface area contributed by atoms with Crippen molar-refractivity contribution in [3.8, 4) is 6.07 Å². The number of rotatable bonds is 4. The number of nitrogens with zero attached hydrogens (tertiary/aromatic N) is 1. The Morgan fingerprint density at radius 1 is 1.75 bits per heavy atom. The topological polar surface area (TPSA) is 89.9 Å². The van der Waals surface area contributed by atoms with Crippen LogP contribution in [0.4, 0.5) is 8.78 Å². The van der Waals surface area contributed by atoms with Crippen molar-refractivity contribution in [1.82, 2.24) is 0 Å². The van der Waals surface area contributed by atoms with E-state index in [2.05, 4.69) is 0 Å². The number of aliphatic carboxylic acids is 1. The van der Waals surface area contributed by atoms with E-state index in [1.165, 1.54) is 6.07 Å². The van der Waals surface area contributed by atoms with Gasteiger partial charge in [0.15, 0.2) is 0 Å². The Morgan fingerprint density at radius 2 is 2.25 bits per heavy atom. The first kappa shape index (κ1) is 10.8. The molecule has 0 rings (SSSR count). The van der Waals surface area contributed by atoms with Gasteiger partial charge in [0.1, 0.15) is 5.54 Å². The summed E-state index contributed by atoms with van der Waals surface area (Å²) in [4.78, 5) is 10.1. The molecule has 0 aromatic heterocycles. The van der Waals surface area contributed by atoms with Gasteiger partial charge in [0, 0.05) is 6.42 Å². The van der Waals surface area contributed by atoms with Gasteiger partial charge in [-0.2, -0.15) is 5.26 Å². The van der Waals surface area contributed by atoms with Crippen molar-refractivity contribution in [2.24, 2.45) is 5.73 Å². The third-order valence-electron chi connectivity index (χ3n) is 1.42. The highest BCUT2D eigenvalue weighted by molar-refractivity contribution is 5.77. The van der Waals surface area contributed by atoms with Crippen LogP contribution in [0.5, 0.6) is 0 Å². The molecule has 0 saturated heterocycles. The van der Waals surface area contributed by atoms with Crippen molar-refractivity contribution in [1.29, 1.82) is 5.26 Å². The molecule has 0 aromatic carbocycles. The number of carbonyl (C=O) groups excluding carboxylic acids is 1. The first-order valence-electron chi connectivity index (χ1n) is 3.10. The van der Waals surface area contributed by atoms with E-state index in [0.717, 1.165) is 0 Å². The molecule has 68 valence electrons. The van der Waals surface area contributed by atoms with Gasteiger partial charge in [0.2, 0.25) is 0 Å². The summed E-state index contributed by atoms with van der Waals surface area (Å²) in [7, 11) is 0. The van der Waals surface area contributed by atoms with Crippen molar-refractivity contribution in [2.75, 3.05) is 0 Å². The van der Waals surface area contributed by atoms with Crippen LogP contribution in [0.3, 0.4) is 0 Å². The van der Waals surface area contributed by atoms with Gasteiger partial charge in [-0.25, -0.2) is 8.78 Å². The van der Waals surface area contributed by atoms with Gasteiger partial charge in [0.25, 0.3) is 6.43 Å². The largest absolute Gasteiger partial charge is 0.548 e. The highest BCUT2D eigenvalue weighted by Gasteiger charge is 2.36. The fourth-order valence-electron chi connectivity index (χ4n) is 0.563. The summed E-state index contributed by atoms with van der Waals surface area (Å²) < 4.78 is 24.0. The van der Waals surface area contributed by atoms with Gasteiger partial charge in [-0.05, 0) is 6.42 Å². The normalized spacial score (nSPS) is 15.2. The molecule has 2 N–H and O–H groups in total. The SMILES string of the molecule is N#CCCC(N)(C(=O)[O-])C(F)F. The van der Waals surface area contributed by atoms with Crippen molar-refractivity contribution < 1.29 is 18.7 Å². The van der Waals surface area contributed by atoms with Gasteiger partial charge in [-0.1, -0.05) is 0 Å². The Kier molecular flexibility index (Phi) is 3.57. The Morgan fingerprint density at radius 3 is 2.50 bits per heavy atom. The molecular formula is C6H7F2N2O2-. The van der Waals surface area contributed by atoms with E-state index in [9.17, 15) is 18.7 Å². The third kappa shape index (κ3) is 2.13. The average Bonchev–Trinajstić information content (AvgIpc) is 1.99. The summed E-state index contributed by atoms with van der Waals surface area (Å²) in [5.41, 5.74) is 2.11. The number of carboxylic acid groups (broad SMARTS) is 1. The van der Waals surface area contributed by atoms with E-state index >= 15 is 0 Å². The molecule has 0 spiro atoms. The summed E-state index contributed by atoms with van der Waals surface area (Å²) in [6.07, 6.45) is -4.17. The van der Waals surface area contributed by atoms with Crippen molar-refractivity contribution in [3.63, 3.8) is 0 Å². The van der Waals surface area contributed by atoms with E-state index < -0.39 is 24.4 Å². The lowest BCUT2D eigenvalue weighted by atomic mass is 9.96. The minimum absolute atomic E-state index is 0.338. The minimum atomic E-state index is -3.23. The zero-order chi connectivity index (χ0) is 9.78. The van der Waals surface area contributed by atoms with Crippen molar-refractivity contribution in [3.05, 3.63) is 0 Å². The number of carboxylic acids is 1. The molecular weight excluding hydrogens is 170 g/mol. The van der Waals surface area contributed by atoms with Gasteiger partial charge in [-0.15, -0.1) is 0 Å². The predicted octanol–water partition coefficient (Wildman–Crippen LogP) is -0.997. The molecule has 6 heteroatoms. The molecule has 0 radical (unpaired) electrons. The summed E-state index contributed by atoms with van der Waals surface area (Å²) in [5.74, 6) is -2.03. The van der Waals surface area contributed by atoms with Crippen LogP contribution in [0.1, 0.15) is 12.8 Å². The zero-order valence-electron chi connectivity index (χ0n) is 6.09. The number of carbonyl (C=O) groups is 1. The third-order valence-corrected chi connectivity index (χ3v) is 1.42. The molecule has 1 atom stereocenters. The summed E-state index contributed by atoms with van der Waals surface area (Å²) in [6, 6.07) is 1.53. The Balaban J connectivity index is 4.42. The molecule has 0 amide bonds. The van der Waals surface area contributed by atoms with Crippen LogP contribution in [-0.4, -0.2) is 17.9 Å². The maximum absolute atomic E-state index is 12.0. The van der Waals surface area contributed by atoms with Crippen LogP contribution in [0.2, 0.25) is 0 Å². The first-order valence-corrected chi connectivity index (χ1v) is 3.10. The zero-order valence-corrected chi connectivity index (χ0v) is 6.09. The van der Waals surface area contributed by atoms with Gasteiger partial charge >= 0.3 is 0 Å². The van der Waals surface area contributed by atoms with Crippen LogP contribution in [0.15, 0.2) is 0 Å². The lowest BCUT2D eigenvalue weighted by molar-refractivity contribution is -0.317. The second-order valence-electron chi connectivity index (χ2n) is 2.29. The second-order valence-corrected chi connectivity index (χ2v) is 2.29. The van der Waals surface area contributed by atoms with Crippen LogP contribution in [0.25, 0.3) is 0 Å². The summed E-state index contributed by atoms with van der Waals surface area (Å²) >= 11 is 0. The molecule has 0 aliphatic rings. The minimum Gasteiger partial charge on any atom is -0.548 e. The Hall–Kier alpha value is -1.22. The number of halogens is 2. The molecule has 1 unspecified atom stereocenters. The van der Waals surface area contributed by atoms with Crippen LogP contribution < -0.4 is 10.8 Å². The molecule has 0 fully saturated rings. The molecule has 0 heterocycles. The van der Waals surface area contributed by atoms with E-state index in [-0.39, 0.29) is 6.42 Å². The number of nitriles is 1. The highest BCUT2D eigenvalue weighted by atomic mass is 19.3. The summed E-state index contributed by atoms with van der Waals surface area (Å²) in [6.45, 7) is 0. The number of nitrogens with two attached hydrogens (primary N) is 1. The van der Waals surface area contributed by atoms with Crippen LogP contribution in [0, 0.1) is 11.3 Å². The van der Waals surface area contributed by atoms with E-state index in [0.29, 0.717) is 0 Å². The van der Waals surface area contributed by atoms with E-state index in [1.54, 1.807) is 0 Å². The smallest absolute Gasteiger partial charge is 0.261 e. The number of alkyl halides is 2. The fourth-order valence-corrected chi connectivity index (χ4v) is 0.563. The lowest BCUT2D eigenvalue weighted by Crippen LogP contribution is -2.60. The fraction of sp³-hybridized carbons (Fsp3) is 0.667. The van der Waals surface area contributed by atoms with Crippen LogP contribution >= 0.6 is 0 Å². The molecule has 0 saturated carbocycles. The predicted molar refractivity (Wildman–Crippen MR) is 32.8 cm³/mol. The van der Waals surface area contributed by atoms with Gasteiger partial charge < -0.3 is 15.6 Å². The maximum atomic E-state index is 12.0. The second kappa shape index (κ2) is 3.97. The molecule has 0 aromatic rings. The molecule has 4 nitrogen and oxygen atoms in total. The van der Waals surface area contributed by atoms with Gasteiger partial charge in [-0.3, -0.25) is 0 Å². The van der Waals surface area contributed by atoms with Crippen molar-refractivity contribution in [2.45, 2.75) is 24.8 Å². The van der Waals surface area contributed by atoms with E-state index in [1.807, 2.05) is 0 Å². The monoisotopic (exact) mass is 177 g/mol. The summed E-state index contributed by atoms with van der Waals surface area (Å²) in [5, 5.41) is 18.2. The Labute approximate surface area is 67.6 Å². The molecule has 0 aliphatic heterocycles. The number of hydrogen-bond acceptors (Lipinski definition) is 4. The standard InChI is InChI=1S/C6H8F2N2O2/c7-4(8)6(10,5(11)12)2-1-3-9/h4H,1-2,10H2,(H,11,12)/p-1. The molecule has 0 aliphatic carbocycles. The van der Waals surface area contributed by atoms with Gasteiger partial charge in [0.05, 0.1) is 12.0 Å². The average molecular weight is 177 g/mol. The quantitative estimate of drug-likeness (QED) is 0.596. The Bertz CT molecular complexity index is 214. The van der Waals surface area contributed by atoms with Crippen molar-refractivity contribution >= 4 is 5.97 Å². The van der Waals surface area contributed by atoms with E-state index in [4.69, 9.17) is 11.0 Å². The highest BCUT2D eigenvalue weighted by Crippen LogP contribution is 2.17. The van der Waals surface area contributed by atoms with Crippen LogP contribution in [-0.2, 0) is 4.79 Å². The molecule has 12 heavy (non-hydrogen) atoms. The molecule has 0 bridgehead atoms. The lowest BCUT2D eigenvalue weighted by Gasteiger charge is -2.28. The first-order chi connectivity index (χ1) is 5.45. The number of hydrogen-bond donors (Lipinski definition) is 1.